The molecule has 1 aliphatic rings. The second kappa shape index (κ2) is 10.6. The van der Waals surface area contributed by atoms with E-state index in [9.17, 15) is 14.4 Å². The number of nitrogens with one attached hydrogen (secondary N) is 1. The summed E-state index contributed by atoms with van der Waals surface area (Å²) in [6, 6.07) is 14.5. The topological polar surface area (TPSA) is 128 Å². The monoisotopic (exact) mass is 424 g/mol. The number of rotatable bonds is 9. The van der Waals surface area contributed by atoms with E-state index in [2.05, 4.69) is 10.2 Å². The molecule has 0 bridgehead atoms. The lowest BCUT2D eigenvalue weighted by atomic mass is 9.97. The van der Waals surface area contributed by atoms with Crippen LogP contribution in [0.5, 0.6) is 5.75 Å². The second-order valence-corrected chi connectivity index (χ2v) is 7.80. The number of benzene rings is 2. The van der Waals surface area contributed by atoms with Crippen molar-refractivity contribution in [2.24, 2.45) is 17.4 Å². The highest BCUT2D eigenvalue weighted by molar-refractivity contribution is 5.91. The molecular formula is C23H28N4O4. The van der Waals surface area contributed by atoms with E-state index in [0.29, 0.717) is 18.0 Å². The van der Waals surface area contributed by atoms with Gasteiger partial charge < -0.3 is 21.5 Å². The van der Waals surface area contributed by atoms with E-state index in [4.69, 9.17) is 16.2 Å². The standard InChI is InChI=1S/C23H28N4O4/c24-21(28)12-16-5-9-20(10-6-16)31-15-22(29)26-19-7-3-17(4-8-19)13-27-11-1-2-18(14-27)23(25)30/h3-10,18H,1-2,11-15H2,(H2,24,28)(H2,25,30)(H,26,29). The van der Waals surface area contributed by atoms with Gasteiger partial charge in [-0.2, -0.15) is 0 Å². The fourth-order valence-corrected chi connectivity index (χ4v) is 3.63. The molecule has 1 aliphatic heterocycles. The number of hydrogen-bond acceptors (Lipinski definition) is 5. The minimum absolute atomic E-state index is 0.0772. The van der Waals surface area contributed by atoms with Gasteiger partial charge in [0.1, 0.15) is 5.75 Å². The average molecular weight is 425 g/mol. The van der Waals surface area contributed by atoms with Crippen LogP contribution < -0.4 is 21.5 Å². The van der Waals surface area contributed by atoms with Gasteiger partial charge in [0.15, 0.2) is 6.61 Å². The number of piperidine rings is 1. The first-order chi connectivity index (χ1) is 14.9. The van der Waals surface area contributed by atoms with E-state index in [0.717, 1.165) is 37.1 Å². The highest BCUT2D eigenvalue weighted by Crippen LogP contribution is 2.19. The van der Waals surface area contributed by atoms with Crippen molar-refractivity contribution in [3.63, 3.8) is 0 Å². The predicted octanol–water partition coefficient (Wildman–Crippen LogP) is 1.43. The van der Waals surface area contributed by atoms with Crippen LogP contribution in [0.2, 0.25) is 0 Å². The van der Waals surface area contributed by atoms with Crippen LogP contribution in [0.1, 0.15) is 24.0 Å². The summed E-state index contributed by atoms with van der Waals surface area (Å²) in [7, 11) is 0. The summed E-state index contributed by atoms with van der Waals surface area (Å²) in [6.07, 6.45) is 1.99. The largest absolute Gasteiger partial charge is 0.484 e. The second-order valence-electron chi connectivity index (χ2n) is 7.80. The van der Waals surface area contributed by atoms with Crippen LogP contribution in [0.3, 0.4) is 0 Å². The summed E-state index contributed by atoms with van der Waals surface area (Å²) in [6.45, 7) is 2.25. The first-order valence-corrected chi connectivity index (χ1v) is 10.3. The van der Waals surface area contributed by atoms with Crippen LogP contribution in [0.25, 0.3) is 0 Å². The minimum atomic E-state index is -0.398. The zero-order valence-corrected chi connectivity index (χ0v) is 17.4. The summed E-state index contributed by atoms with van der Waals surface area (Å²) in [5, 5.41) is 2.80. The van der Waals surface area contributed by atoms with Gasteiger partial charge in [0.25, 0.3) is 5.91 Å². The number of carbonyl (C=O) groups is 3. The van der Waals surface area contributed by atoms with Crippen molar-refractivity contribution in [2.75, 3.05) is 25.0 Å². The molecular weight excluding hydrogens is 396 g/mol. The third kappa shape index (κ3) is 7.11. The van der Waals surface area contributed by atoms with Gasteiger partial charge in [-0.15, -0.1) is 0 Å². The van der Waals surface area contributed by atoms with Crippen molar-refractivity contribution in [1.82, 2.24) is 4.90 Å². The maximum atomic E-state index is 12.2. The van der Waals surface area contributed by atoms with Gasteiger partial charge in [0, 0.05) is 18.8 Å². The normalized spacial score (nSPS) is 16.5. The number of nitrogens with zero attached hydrogens (tertiary/aromatic N) is 1. The number of amides is 3. The molecule has 8 heteroatoms. The molecule has 1 atom stereocenters. The summed E-state index contributed by atoms with van der Waals surface area (Å²) in [5.41, 5.74) is 13.2. The maximum absolute atomic E-state index is 12.2. The van der Waals surface area contributed by atoms with E-state index in [1.807, 2.05) is 24.3 Å². The molecule has 1 fully saturated rings. The first kappa shape index (κ1) is 22.3. The Morgan fingerprint density at radius 2 is 1.68 bits per heavy atom. The molecule has 2 aromatic rings. The SMILES string of the molecule is NC(=O)Cc1ccc(OCC(=O)Nc2ccc(CN3CCCC(C(N)=O)C3)cc2)cc1. The van der Waals surface area contributed by atoms with Gasteiger partial charge >= 0.3 is 0 Å². The van der Waals surface area contributed by atoms with E-state index in [1.54, 1.807) is 24.3 Å². The number of nitrogens with two attached hydrogens (primary N) is 2. The van der Waals surface area contributed by atoms with E-state index >= 15 is 0 Å². The Kier molecular flexibility index (Phi) is 7.61. The van der Waals surface area contributed by atoms with Gasteiger partial charge in [-0.05, 0) is 54.8 Å². The number of carbonyl (C=O) groups excluding carboxylic acids is 3. The summed E-state index contributed by atoms with van der Waals surface area (Å²) < 4.78 is 5.48. The van der Waals surface area contributed by atoms with Crippen molar-refractivity contribution in [1.29, 1.82) is 0 Å². The van der Waals surface area contributed by atoms with Gasteiger partial charge in [0.05, 0.1) is 12.3 Å². The van der Waals surface area contributed by atoms with E-state index in [-0.39, 0.29) is 30.8 Å². The number of anilines is 1. The molecule has 3 amide bonds. The molecule has 5 N–H and O–H groups in total. The molecule has 1 heterocycles. The molecule has 0 aromatic heterocycles. The molecule has 164 valence electrons. The summed E-state index contributed by atoms with van der Waals surface area (Å²) in [5.74, 6) is -0.438. The molecule has 0 saturated carbocycles. The van der Waals surface area contributed by atoms with Gasteiger partial charge in [-0.1, -0.05) is 24.3 Å². The van der Waals surface area contributed by atoms with Crippen LogP contribution in [0, 0.1) is 5.92 Å². The van der Waals surface area contributed by atoms with Crippen molar-refractivity contribution < 1.29 is 19.1 Å². The molecule has 1 unspecified atom stereocenters. The van der Waals surface area contributed by atoms with Crippen LogP contribution in [-0.4, -0.2) is 42.3 Å². The molecule has 2 aromatic carbocycles. The zero-order valence-electron chi connectivity index (χ0n) is 17.4. The Morgan fingerprint density at radius 3 is 2.32 bits per heavy atom. The lowest BCUT2D eigenvalue weighted by molar-refractivity contribution is -0.123. The Balaban J connectivity index is 1.44. The highest BCUT2D eigenvalue weighted by Gasteiger charge is 2.23. The quantitative estimate of drug-likeness (QED) is 0.561. The zero-order chi connectivity index (χ0) is 22.2. The molecule has 0 aliphatic carbocycles. The fraction of sp³-hybridized carbons (Fsp3) is 0.348. The van der Waals surface area contributed by atoms with E-state index in [1.165, 1.54) is 0 Å². The van der Waals surface area contributed by atoms with Gasteiger partial charge in [0.2, 0.25) is 11.8 Å². The molecule has 3 rings (SSSR count). The number of primary amides is 2. The van der Waals surface area contributed by atoms with Crippen molar-refractivity contribution >= 4 is 23.4 Å². The summed E-state index contributed by atoms with van der Waals surface area (Å²) in [4.78, 5) is 36.7. The van der Waals surface area contributed by atoms with Gasteiger partial charge in [-0.25, -0.2) is 0 Å². The average Bonchev–Trinajstić information content (AvgIpc) is 2.74. The van der Waals surface area contributed by atoms with E-state index < -0.39 is 5.91 Å². The van der Waals surface area contributed by atoms with Crippen LogP contribution in [0.15, 0.2) is 48.5 Å². The lowest BCUT2D eigenvalue weighted by Crippen LogP contribution is -2.40. The number of likely N-dealkylation sites (tertiary alicyclic amines) is 1. The molecule has 8 nitrogen and oxygen atoms in total. The Hall–Kier alpha value is -3.39. The number of hydrogen-bond donors (Lipinski definition) is 3. The lowest BCUT2D eigenvalue weighted by Gasteiger charge is -2.31. The Bertz CT molecular complexity index is 912. The molecule has 1 saturated heterocycles. The molecule has 31 heavy (non-hydrogen) atoms. The third-order valence-electron chi connectivity index (χ3n) is 5.22. The van der Waals surface area contributed by atoms with Crippen molar-refractivity contribution in [3.05, 3.63) is 59.7 Å². The van der Waals surface area contributed by atoms with Crippen molar-refractivity contribution in [2.45, 2.75) is 25.8 Å². The van der Waals surface area contributed by atoms with Crippen LogP contribution >= 0.6 is 0 Å². The van der Waals surface area contributed by atoms with Crippen molar-refractivity contribution in [3.8, 4) is 5.75 Å². The van der Waals surface area contributed by atoms with Crippen LogP contribution in [0.4, 0.5) is 5.69 Å². The summed E-state index contributed by atoms with van der Waals surface area (Å²) >= 11 is 0. The highest BCUT2D eigenvalue weighted by atomic mass is 16.5. The third-order valence-corrected chi connectivity index (χ3v) is 5.22. The first-order valence-electron chi connectivity index (χ1n) is 10.3. The number of ether oxygens (including phenoxy) is 1. The Morgan fingerprint density at radius 1 is 1.00 bits per heavy atom. The Labute approximate surface area is 181 Å². The molecule has 0 spiro atoms. The minimum Gasteiger partial charge on any atom is -0.484 e. The predicted molar refractivity (Wildman–Crippen MR) is 117 cm³/mol. The van der Waals surface area contributed by atoms with Gasteiger partial charge in [-0.3, -0.25) is 19.3 Å². The molecule has 0 radical (unpaired) electrons. The smallest absolute Gasteiger partial charge is 0.262 e. The van der Waals surface area contributed by atoms with Crippen LogP contribution in [-0.2, 0) is 27.3 Å². The fourth-order valence-electron chi connectivity index (χ4n) is 3.63. The maximum Gasteiger partial charge on any atom is 0.262 e.